The van der Waals surface area contributed by atoms with Crippen molar-refractivity contribution in [3.8, 4) is 0 Å². The summed E-state index contributed by atoms with van der Waals surface area (Å²) < 4.78 is 0. The predicted molar refractivity (Wildman–Crippen MR) is 152 cm³/mol. The number of fused-ring (bicyclic) bond motifs is 1. The number of hydrogen-bond donors (Lipinski definition) is 4. The third-order valence-corrected chi connectivity index (χ3v) is 7.10. The van der Waals surface area contributed by atoms with Crippen LogP contribution >= 0.6 is 0 Å². The number of hydrogen-bond acceptors (Lipinski definition) is 5. The van der Waals surface area contributed by atoms with Gasteiger partial charge in [0.1, 0.15) is 12.1 Å². The number of carbonyl (C=O) groups excluding carboxylic acids is 5. The highest BCUT2D eigenvalue weighted by atomic mass is 16.2. The lowest BCUT2D eigenvalue weighted by atomic mass is 9.85. The largest absolute Gasteiger partial charge is 0.344 e. The first-order chi connectivity index (χ1) is 18.8. The summed E-state index contributed by atoms with van der Waals surface area (Å²) in [6.45, 7) is 10.4. The summed E-state index contributed by atoms with van der Waals surface area (Å²) in [7, 11) is 0. The molecule has 4 amide bonds. The molecule has 3 rings (SSSR count). The Balaban J connectivity index is 1.62. The van der Waals surface area contributed by atoms with Gasteiger partial charge < -0.3 is 21.3 Å². The van der Waals surface area contributed by atoms with Gasteiger partial charge in [-0.1, -0.05) is 77.1 Å². The molecule has 40 heavy (non-hydrogen) atoms. The molecule has 4 atom stereocenters. The van der Waals surface area contributed by atoms with Crippen LogP contribution < -0.4 is 21.3 Å². The summed E-state index contributed by atoms with van der Waals surface area (Å²) in [5.74, 6) is -3.42. The molecule has 0 saturated carbocycles. The molecular formula is C31H40N4O5. The average Bonchev–Trinajstić information content (AvgIpc) is 3.31. The lowest BCUT2D eigenvalue weighted by Gasteiger charge is -2.31. The fourth-order valence-electron chi connectivity index (χ4n) is 4.73. The first kappa shape index (κ1) is 30.5. The molecule has 0 fully saturated rings. The minimum absolute atomic E-state index is 0.255. The van der Waals surface area contributed by atoms with Crippen molar-refractivity contribution in [2.45, 2.75) is 78.6 Å². The summed E-state index contributed by atoms with van der Waals surface area (Å²) in [6.07, 6.45) is 1.52. The van der Waals surface area contributed by atoms with E-state index in [0.29, 0.717) is 12.0 Å². The molecule has 214 valence electrons. The number of ketones is 1. The maximum Gasteiger partial charge on any atom is 0.290 e. The molecule has 0 heterocycles. The van der Waals surface area contributed by atoms with Gasteiger partial charge in [-0.2, -0.15) is 0 Å². The van der Waals surface area contributed by atoms with Crippen LogP contribution in [0.1, 0.15) is 75.5 Å². The number of aryl methyl sites for hydroxylation is 1. The summed E-state index contributed by atoms with van der Waals surface area (Å²) >= 11 is 0. The second-order valence-corrected chi connectivity index (χ2v) is 11.7. The van der Waals surface area contributed by atoms with Crippen LogP contribution in [0.5, 0.6) is 0 Å². The first-order valence-corrected chi connectivity index (χ1v) is 13.7. The molecule has 4 N–H and O–H groups in total. The molecule has 2 aromatic rings. The van der Waals surface area contributed by atoms with Crippen LogP contribution in [0.15, 0.2) is 54.6 Å². The maximum atomic E-state index is 13.2. The Morgan fingerprint density at radius 2 is 1.43 bits per heavy atom. The molecule has 0 saturated heterocycles. The van der Waals surface area contributed by atoms with Gasteiger partial charge in [0.2, 0.25) is 17.6 Å². The van der Waals surface area contributed by atoms with Gasteiger partial charge in [0, 0.05) is 5.56 Å². The molecule has 0 radical (unpaired) electrons. The predicted octanol–water partition coefficient (Wildman–Crippen LogP) is 2.85. The fourth-order valence-corrected chi connectivity index (χ4v) is 4.73. The molecule has 0 unspecified atom stereocenters. The Labute approximate surface area is 235 Å². The van der Waals surface area contributed by atoms with Gasteiger partial charge in [-0.3, -0.25) is 24.0 Å². The standard InChI is InChI=1S/C31H40N4O5/c1-18(2)24(25(36)29(39)33-23-17-16-20-12-10-11-15-22(20)23)34-27(37)19(3)32-30(40)26(31(4,5)6)35-28(38)21-13-8-7-9-14-21/h7-15,18-19,23-24,26H,16-17H2,1-6H3,(H,32,40)(H,33,39)(H,34,37)(H,35,38)/t19-,23-,24-,26+/m0/s1. The number of rotatable bonds is 10. The molecule has 0 spiro atoms. The summed E-state index contributed by atoms with van der Waals surface area (Å²) in [6, 6.07) is 13.1. The van der Waals surface area contributed by atoms with E-state index in [9.17, 15) is 24.0 Å². The first-order valence-electron chi connectivity index (χ1n) is 13.7. The van der Waals surface area contributed by atoms with Gasteiger partial charge in [0.15, 0.2) is 0 Å². The number of nitrogens with one attached hydrogen (secondary N) is 4. The monoisotopic (exact) mass is 548 g/mol. The highest BCUT2D eigenvalue weighted by Crippen LogP contribution is 2.30. The highest BCUT2D eigenvalue weighted by Gasteiger charge is 2.36. The van der Waals surface area contributed by atoms with Gasteiger partial charge in [0.05, 0.1) is 12.1 Å². The van der Waals surface area contributed by atoms with E-state index < -0.39 is 53.0 Å². The van der Waals surface area contributed by atoms with E-state index in [1.165, 1.54) is 6.92 Å². The smallest absolute Gasteiger partial charge is 0.290 e. The molecular weight excluding hydrogens is 508 g/mol. The maximum absolute atomic E-state index is 13.2. The zero-order valence-corrected chi connectivity index (χ0v) is 24.0. The van der Waals surface area contributed by atoms with E-state index in [-0.39, 0.29) is 12.0 Å². The van der Waals surface area contributed by atoms with Gasteiger partial charge in [-0.05, 0) is 54.4 Å². The van der Waals surface area contributed by atoms with Crippen molar-refractivity contribution in [2.75, 3.05) is 0 Å². The summed E-state index contributed by atoms with van der Waals surface area (Å²) in [5, 5.41) is 10.9. The van der Waals surface area contributed by atoms with E-state index in [2.05, 4.69) is 21.3 Å². The Hall–Kier alpha value is -4.01. The lowest BCUT2D eigenvalue weighted by Crippen LogP contribution is -2.59. The van der Waals surface area contributed by atoms with Gasteiger partial charge in [0.25, 0.3) is 11.8 Å². The molecule has 9 heteroatoms. The number of benzene rings is 2. The minimum Gasteiger partial charge on any atom is -0.344 e. The average molecular weight is 549 g/mol. The Morgan fingerprint density at radius 3 is 2.05 bits per heavy atom. The second-order valence-electron chi connectivity index (χ2n) is 11.7. The van der Waals surface area contributed by atoms with Crippen LogP contribution in [0.2, 0.25) is 0 Å². The quantitative estimate of drug-likeness (QED) is 0.339. The van der Waals surface area contributed by atoms with Gasteiger partial charge in [-0.25, -0.2) is 0 Å². The van der Waals surface area contributed by atoms with Crippen LogP contribution in [-0.4, -0.2) is 47.5 Å². The van der Waals surface area contributed by atoms with Crippen molar-refractivity contribution in [1.82, 2.24) is 21.3 Å². The minimum atomic E-state index is -1.07. The van der Waals surface area contributed by atoms with Crippen molar-refractivity contribution < 1.29 is 24.0 Å². The SMILES string of the molecule is CC(C)[C@H](NC(=O)[C@H](C)NC(=O)[C@@H](NC(=O)c1ccccc1)C(C)(C)C)C(=O)C(=O)N[C@H]1CCc2ccccc21. The van der Waals surface area contributed by atoms with Crippen LogP contribution in [0.4, 0.5) is 0 Å². The molecule has 0 aromatic heterocycles. The van der Waals surface area contributed by atoms with E-state index in [4.69, 9.17) is 0 Å². The lowest BCUT2D eigenvalue weighted by molar-refractivity contribution is -0.141. The molecule has 0 bridgehead atoms. The number of Topliss-reactive ketones (excluding diaryl/α,β-unsaturated/α-hetero) is 1. The molecule has 2 aromatic carbocycles. The number of carbonyl (C=O) groups is 5. The normalized spacial score (nSPS) is 16.7. The van der Waals surface area contributed by atoms with E-state index >= 15 is 0 Å². The topological polar surface area (TPSA) is 133 Å². The Bertz CT molecular complexity index is 1250. The zero-order valence-electron chi connectivity index (χ0n) is 24.0. The van der Waals surface area contributed by atoms with Crippen molar-refractivity contribution in [3.05, 3.63) is 71.3 Å². The molecule has 1 aliphatic rings. The van der Waals surface area contributed by atoms with Crippen LogP contribution in [0, 0.1) is 11.3 Å². The molecule has 0 aliphatic heterocycles. The Kier molecular flexibility index (Phi) is 9.84. The summed E-state index contributed by atoms with van der Waals surface area (Å²) in [4.78, 5) is 64.9. The van der Waals surface area contributed by atoms with Gasteiger partial charge >= 0.3 is 0 Å². The third kappa shape index (κ3) is 7.55. The summed E-state index contributed by atoms with van der Waals surface area (Å²) in [5.41, 5.74) is 1.90. The molecule has 1 aliphatic carbocycles. The van der Waals surface area contributed by atoms with Crippen LogP contribution in [-0.2, 0) is 25.6 Å². The fraction of sp³-hybridized carbons (Fsp3) is 0.452. The Morgan fingerprint density at radius 1 is 0.800 bits per heavy atom. The van der Waals surface area contributed by atoms with Crippen LogP contribution in [0.3, 0.4) is 0 Å². The van der Waals surface area contributed by atoms with Crippen molar-refractivity contribution in [3.63, 3.8) is 0 Å². The molecule has 9 nitrogen and oxygen atoms in total. The highest BCUT2D eigenvalue weighted by molar-refractivity contribution is 6.38. The van der Waals surface area contributed by atoms with Crippen molar-refractivity contribution in [2.24, 2.45) is 11.3 Å². The zero-order chi connectivity index (χ0) is 29.6. The number of amides is 4. The third-order valence-electron chi connectivity index (χ3n) is 7.10. The van der Waals surface area contributed by atoms with E-state index in [1.807, 2.05) is 45.0 Å². The second kappa shape index (κ2) is 12.9. The van der Waals surface area contributed by atoms with Crippen molar-refractivity contribution in [1.29, 1.82) is 0 Å². The van der Waals surface area contributed by atoms with Gasteiger partial charge in [-0.15, -0.1) is 0 Å². The van der Waals surface area contributed by atoms with Crippen molar-refractivity contribution >= 4 is 29.4 Å². The van der Waals surface area contributed by atoms with E-state index in [1.54, 1.807) is 44.2 Å². The van der Waals surface area contributed by atoms with E-state index in [0.717, 1.165) is 17.5 Å². The van der Waals surface area contributed by atoms with Crippen LogP contribution in [0.25, 0.3) is 0 Å².